The summed E-state index contributed by atoms with van der Waals surface area (Å²) in [6.07, 6.45) is 4.93. The zero-order chi connectivity index (χ0) is 13.2. The van der Waals surface area contributed by atoms with Crippen molar-refractivity contribution >= 4 is 28.2 Å². The Kier molecular flexibility index (Phi) is 3.16. The first-order valence-electron chi connectivity index (χ1n) is 6.20. The molecule has 0 bridgehead atoms. The maximum absolute atomic E-state index is 12.2. The topological polar surface area (TPSA) is 66.9 Å². The van der Waals surface area contributed by atoms with E-state index in [9.17, 15) is 4.79 Å². The van der Waals surface area contributed by atoms with E-state index in [1.165, 1.54) is 11.3 Å². The Balaban J connectivity index is 1.80. The van der Waals surface area contributed by atoms with E-state index in [2.05, 4.69) is 20.6 Å². The number of rotatable bonds is 3. The maximum Gasteiger partial charge on any atom is 0.261 e. The number of nitrogens with zero attached hydrogens (tertiary/aromatic N) is 2. The van der Waals surface area contributed by atoms with Crippen LogP contribution in [0.25, 0.3) is 0 Å². The number of aryl methyl sites for hydroxylation is 2. The number of fused-ring (bicyclic) bond motifs is 1. The lowest BCUT2D eigenvalue weighted by atomic mass is 10.2. The second-order valence-electron chi connectivity index (χ2n) is 4.35. The van der Waals surface area contributed by atoms with Gasteiger partial charge in [-0.25, -0.2) is 9.97 Å². The van der Waals surface area contributed by atoms with Crippen molar-refractivity contribution < 1.29 is 4.79 Å². The van der Waals surface area contributed by atoms with E-state index in [0.29, 0.717) is 16.5 Å². The Bertz CT molecular complexity index is 601. The van der Waals surface area contributed by atoms with E-state index in [4.69, 9.17) is 0 Å². The summed E-state index contributed by atoms with van der Waals surface area (Å²) in [7, 11) is 1.75. The van der Waals surface area contributed by atoms with Crippen molar-refractivity contribution in [2.45, 2.75) is 19.3 Å². The zero-order valence-corrected chi connectivity index (χ0v) is 11.4. The van der Waals surface area contributed by atoms with Gasteiger partial charge in [0.15, 0.2) is 5.13 Å². The van der Waals surface area contributed by atoms with Crippen LogP contribution in [-0.2, 0) is 12.8 Å². The van der Waals surface area contributed by atoms with Gasteiger partial charge in [-0.2, -0.15) is 0 Å². The summed E-state index contributed by atoms with van der Waals surface area (Å²) >= 11 is 1.57. The van der Waals surface area contributed by atoms with Gasteiger partial charge in [0.1, 0.15) is 5.82 Å². The Morgan fingerprint density at radius 2 is 2.32 bits per heavy atom. The molecule has 5 nitrogen and oxygen atoms in total. The third-order valence-corrected chi connectivity index (χ3v) is 4.18. The number of anilines is 2. The number of thiazole rings is 1. The van der Waals surface area contributed by atoms with Crippen molar-refractivity contribution in [3.8, 4) is 0 Å². The van der Waals surface area contributed by atoms with E-state index in [-0.39, 0.29) is 5.91 Å². The van der Waals surface area contributed by atoms with Gasteiger partial charge in [0.05, 0.1) is 11.3 Å². The number of pyridine rings is 1. The number of carbonyl (C=O) groups is 1. The fraction of sp³-hybridized carbons (Fsp3) is 0.308. The molecule has 2 N–H and O–H groups in total. The first-order valence-corrected chi connectivity index (χ1v) is 7.02. The fourth-order valence-electron chi connectivity index (χ4n) is 2.20. The quantitative estimate of drug-likeness (QED) is 0.901. The van der Waals surface area contributed by atoms with Crippen LogP contribution < -0.4 is 10.6 Å². The predicted molar refractivity (Wildman–Crippen MR) is 75.9 cm³/mol. The van der Waals surface area contributed by atoms with Crippen molar-refractivity contribution in [2.75, 3.05) is 17.7 Å². The van der Waals surface area contributed by atoms with Gasteiger partial charge in [0.2, 0.25) is 0 Å². The van der Waals surface area contributed by atoms with Crippen molar-refractivity contribution in [3.05, 3.63) is 34.5 Å². The Labute approximate surface area is 115 Å². The van der Waals surface area contributed by atoms with Crippen LogP contribution in [0.5, 0.6) is 0 Å². The summed E-state index contributed by atoms with van der Waals surface area (Å²) in [6.45, 7) is 0. The van der Waals surface area contributed by atoms with E-state index < -0.39 is 0 Å². The fourth-order valence-corrected chi connectivity index (χ4v) is 3.24. The molecule has 0 radical (unpaired) electrons. The first kappa shape index (κ1) is 12.1. The Hall–Kier alpha value is -1.95. The molecule has 1 amide bonds. The van der Waals surface area contributed by atoms with Gasteiger partial charge in [-0.15, -0.1) is 11.3 Å². The van der Waals surface area contributed by atoms with Gasteiger partial charge in [-0.3, -0.25) is 10.1 Å². The van der Waals surface area contributed by atoms with Crippen LogP contribution in [0.2, 0.25) is 0 Å². The molecular weight excluding hydrogens is 260 g/mol. The Morgan fingerprint density at radius 1 is 1.42 bits per heavy atom. The van der Waals surface area contributed by atoms with Gasteiger partial charge in [0.25, 0.3) is 5.91 Å². The monoisotopic (exact) mass is 274 g/mol. The van der Waals surface area contributed by atoms with E-state index in [1.54, 1.807) is 36.7 Å². The minimum atomic E-state index is -0.176. The maximum atomic E-state index is 12.2. The predicted octanol–water partition coefficient (Wildman–Crippen LogP) is 2.32. The van der Waals surface area contributed by atoms with Crippen molar-refractivity contribution in [1.82, 2.24) is 9.97 Å². The molecule has 0 unspecified atom stereocenters. The first-order chi connectivity index (χ1) is 9.28. The minimum Gasteiger partial charge on any atom is -0.372 e. The minimum absolute atomic E-state index is 0.176. The smallest absolute Gasteiger partial charge is 0.261 e. The molecular formula is C13H14N4OS. The van der Waals surface area contributed by atoms with Crippen LogP contribution in [0.3, 0.4) is 0 Å². The van der Waals surface area contributed by atoms with Crippen molar-refractivity contribution in [3.63, 3.8) is 0 Å². The molecule has 0 aliphatic heterocycles. The highest BCUT2D eigenvalue weighted by atomic mass is 32.1. The third kappa shape index (κ3) is 2.31. The molecule has 0 spiro atoms. The molecule has 98 valence electrons. The van der Waals surface area contributed by atoms with Crippen LogP contribution in [0.15, 0.2) is 18.3 Å². The SMILES string of the molecule is CNc1ncccc1C(=O)Nc1nc2c(s1)CCC2. The summed E-state index contributed by atoms with van der Waals surface area (Å²) in [5.41, 5.74) is 1.67. The van der Waals surface area contributed by atoms with Crippen molar-refractivity contribution in [2.24, 2.45) is 0 Å². The summed E-state index contributed by atoms with van der Waals surface area (Å²) in [4.78, 5) is 22.1. The molecule has 1 aliphatic carbocycles. The van der Waals surface area contributed by atoms with Gasteiger partial charge >= 0.3 is 0 Å². The van der Waals surface area contributed by atoms with Crippen LogP contribution in [-0.4, -0.2) is 22.9 Å². The average molecular weight is 274 g/mol. The largest absolute Gasteiger partial charge is 0.372 e. The van der Waals surface area contributed by atoms with Crippen LogP contribution >= 0.6 is 11.3 Å². The normalized spacial score (nSPS) is 13.1. The molecule has 0 saturated heterocycles. The zero-order valence-electron chi connectivity index (χ0n) is 10.6. The average Bonchev–Trinajstić information content (AvgIpc) is 2.99. The molecule has 3 rings (SSSR count). The lowest BCUT2D eigenvalue weighted by molar-refractivity contribution is 0.102. The van der Waals surface area contributed by atoms with Gasteiger partial charge < -0.3 is 5.32 Å². The van der Waals surface area contributed by atoms with E-state index in [0.717, 1.165) is 18.5 Å². The molecule has 2 aromatic rings. The van der Waals surface area contributed by atoms with Crippen LogP contribution in [0.4, 0.5) is 10.9 Å². The number of carbonyl (C=O) groups excluding carboxylic acids is 1. The molecule has 1 aliphatic rings. The van der Waals surface area contributed by atoms with Gasteiger partial charge in [-0.05, 0) is 31.4 Å². The standard InChI is InChI=1S/C13H14N4OS/c1-14-11-8(4-3-7-15-11)12(18)17-13-16-9-5-2-6-10(9)19-13/h3-4,7H,2,5-6H2,1H3,(H,14,15)(H,16,17,18). The summed E-state index contributed by atoms with van der Waals surface area (Å²) in [6, 6.07) is 3.49. The number of aromatic nitrogens is 2. The molecule has 6 heteroatoms. The number of hydrogen-bond acceptors (Lipinski definition) is 5. The number of hydrogen-bond donors (Lipinski definition) is 2. The van der Waals surface area contributed by atoms with Crippen LogP contribution in [0, 0.1) is 0 Å². The van der Waals surface area contributed by atoms with Gasteiger partial charge in [0, 0.05) is 18.1 Å². The molecule has 19 heavy (non-hydrogen) atoms. The summed E-state index contributed by atoms with van der Waals surface area (Å²) in [5.74, 6) is 0.397. The van der Waals surface area contributed by atoms with Crippen LogP contribution in [0.1, 0.15) is 27.3 Å². The number of amides is 1. The number of nitrogens with one attached hydrogen (secondary N) is 2. The second-order valence-corrected chi connectivity index (χ2v) is 5.43. The summed E-state index contributed by atoms with van der Waals surface area (Å²) < 4.78 is 0. The van der Waals surface area contributed by atoms with E-state index in [1.807, 2.05) is 0 Å². The molecule has 2 aromatic heterocycles. The molecule has 0 fully saturated rings. The van der Waals surface area contributed by atoms with Gasteiger partial charge in [-0.1, -0.05) is 0 Å². The highest BCUT2D eigenvalue weighted by Crippen LogP contribution is 2.30. The van der Waals surface area contributed by atoms with E-state index >= 15 is 0 Å². The summed E-state index contributed by atoms with van der Waals surface area (Å²) in [5, 5.41) is 6.44. The Morgan fingerprint density at radius 3 is 3.11 bits per heavy atom. The highest BCUT2D eigenvalue weighted by Gasteiger charge is 2.19. The second kappa shape index (κ2) is 4.97. The lowest BCUT2D eigenvalue weighted by Crippen LogP contribution is -2.14. The molecule has 0 aromatic carbocycles. The molecule has 0 saturated carbocycles. The third-order valence-electron chi connectivity index (χ3n) is 3.11. The van der Waals surface area contributed by atoms with Crippen molar-refractivity contribution in [1.29, 1.82) is 0 Å². The molecule has 2 heterocycles. The lowest BCUT2D eigenvalue weighted by Gasteiger charge is -2.06. The highest BCUT2D eigenvalue weighted by molar-refractivity contribution is 7.16. The molecule has 0 atom stereocenters.